The number of aromatic nitrogens is 3. The van der Waals surface area contributed by atoms with Gasteiger partial charge in [0.25, 0.3) is 0 Å². The first-order chi connectivity index (χ1) is 5.90. The van der Waals surface area contributed by atoms with Crippen LogP contribution >= 0.6 is 0 Å². The van der Waals surface area contributed by atoms with Gasteiger partial charge in [-0.2, -0.15) is 0 Å². The lowest BCUT2D eigenvalue weighted by Gasteiger charge is -2.26. The third-order valence-corrected chi connectivity index (χ3v) is 2.37. The van der Waals surface area contributed by atoms with Crippen LogP contribution in [0.1, 0.15) is 12.7 Å². The first kappa shape index (κ1) is 7.73. The molecule has 0 unspecified atom stereocenters. The van der Waals surface area contributed by atoms with E-state index in [1.807, 2.05) is 0 Å². The van der Waals surface area contributed by atoms with Crippen molar-refractivity contribution in [3.63, 3.8) is 0 Å². The van der Waals surface area contributed by atoms with Gasteiger partial charge < -0.3 is 9.88 Å². The van der Waals surface area contributed by atoms with Crippen LogP contribution in [0.15, 0.2) is 6.33 Å². The Hall–Kier alpha value is -0.900. The second-order valence-corrected chi connectivity index (χ2v) is 3.26. The molecule has 4 heteroatoms. The normalized spacial score (nSPS) is 17.8. The molecule has 0 spiro atoms. The average Bonchev–Trinajstić information content (AvgIpc) is 2.43. The van der Waals surface area contributed by atoms with E-state index in [9.17, 15) is 0 Å². The van der Waals surface area contributed by atoms with Crippen LogP contribution in [0, 0.1) is 5.92 Å². The van der Waals surface area contributed by atoms with Crippen molar-refractivity contribution in [3.8, 4) is 0 Å². The summed E-state index contributed by atoms with van der Waals surface area (Å²) in [6.07, 6.45) is 2.88. The minimum absolute atomic E-state index is 0.777. The number of nitrogens with zero attached hydrogens (tertiary/aromatic N) is 3. The quantitative estimate of drug-likeness (QED) is 0.690. The molecule has 1 fully saturated rings. The maximum atomic E-state index is 4.09. The highest BCUT2D eigenvalue weighted by Gasteiger charge is 2.19. The Bertz CT molecular complexity index is 251. The van der Waals surface area contributed by atoms with Gasteiger partial charge in [0.1, 0.15) is 12.2 Å². The van der Waals surface area contributed by atoms with Gasteiger partial charge >= 0.3 is 0 Å². The Morgan fingerprint density at radius 1 is 1.67 bits per heavy atom. The van der Waals surface area contributed by atoms with Crippen molar-refractivity contribution in [3.05, 3.63) is 12.2 Å². The molecule has 0 bridgehead atoms. The van der Waals surface area contributed by atoms with Crippen LogP contribution in [-0.2, 0) is 13.0 Å². The molecular formula is C8H14N4. The fraction of sp³-hybridized carbons (Fsp3) is 0.750. The standard InChI is InChI=1S/C8H14N4/c1-2-12-6-10-11-8(12)3-7-4-9-5-7/h6-7,9H,2-5H2,1H3. The van der Waals surface area contributed by atoms with Gasteiger partial charge in [0, 0.05) is 13.0 Å². The van der Waals surface area contributed by atoms with Gasteiger partial charge in [-0.25, -0.2) is 0 Å². The number of hydrogen-bond acceptors (Lipinski definition) is 3. The van der Waals surface area contributed by atoms with E-state index in [0.717, 1.165) is 37.8 Å². The lowest BCUT2D eigenvalue weighted by atomic mass is 9.99. The minimum Gasteiger partial charge on any atom is -0.318 e. The Balaban J connectivity index is 2.00. The molecule has 1 aliphatic heterocycles. The zero-order chi connectivity index (χ0) is 8.39. The molecule has 12 heavy (non-hydrogen) atoms. The van der Waals surface area contributed by atoms with Crippen molar-refractivity contribution in [2.45, 2.75) is 19.9 Å². The van der Waals surface area contributed by atoms with E-state index in [1.165, 1.54) is 0 Å². The van der Waals surface area contributed by atoms with E-state index >= 15 is 0 Å². The minimum atomic E-state index is 0.777. The predicted octanol–water partition coefficient (Wildman–Crippen LogP) is 0.0599. The van der Waals surface area contributed by atoms with Crippen molar-refractivity contribution in [2.24, 2.45) is 5.92 Å². The maximum Gasteiger partial charge on any atom is 0.133 e. The molecule has 0 aliphatic carbocycles. The summed E-state index contributed by atoms with van der Waals surface area (Å²) in [5, 5.41) is 11.2. The Morgan fingerprint density at radius 2 is 2.50 bits per heavy atom. The van der Waals surface area contributed by atoms with E-state index in [2.05, 4.69) is 27.0 Å². The molecule has 0 radical (unpaired) electrons. The lowest BCUT2D eigenvalue weighted by Crippen LogP contribution is -2.43. The van der Waals surface area contributed by atoms with Gasteiger partial charge in [-0.3, -0.25) is 0 Å². The van der Waals surface area contributed by atoms with E-state index in [0.29, 0.717) is 0 Å². The van der Waals surface area contributed by atoms with Crippen molar-refractivity contribution >= 4 is 0 Å². The summed E-state index contributed by atoms with van der Waals surface area (Å²) in [7, 11) is 0. The van der Waals surface area contributed by atoms with Gasteiger partial charge in [0.15, 0.2) is 0 Å². The molecule has 0 saturated carbocycles. The molecule has 4 nitrogen and oxygen atoms in total. The van der Waals surface area contributed by atoms with Crippen molar-refractivity contribution in [2.75, 3.05) is 13.1 Å². The van der Waals surface area contributed by atoms with Crippen LogP contribution in [0.4, 0.5) is 0 Å². The van der Waals surface area contributed by atoms with Crippen molar-refractivity contribution in [1.82, 2.24) is 20.1 Å². The summed E-state index contributed by atoms with van der Waals surface area (Å²) in [6, 6.07) is 0. The van der Waals surface area contributed by atoms with Gasteiger partial charge in [-0.05, 0) is 25.9 Å². The van der Waals surface area contributed by atoms with Crippen LogP contribution in [0.2, 0.25) is 0 Å². The fourth-order valence-corrected chi connectivity index (χ4v) is 1.45. The van der Waals surface area contributed by atoms with Crippen molar-refractivity contribution in [1.29, 1.82) is 0 Å². The van der Waals surface area contributed by atoms with Crippen LogP contribution in [-0.4, -0.2) is 27.9 Å². The average molecular weight is 166 g/mol. The molecule has 66 valence electrons. The Morgan fingerprint density at radius 3 is 3.08 bits per heavy atom. The smallest absolute Gasteiger partial charge is 0.133 e. The second-order valence-electron chi connectivity index (χ2n) is 3.26. The monoisotopic (exact) mass is 166 g/mol. The molecule has 1 saturated heterocycles. The third kappa shape index (κ3) is 1.34. The summed E-state index contributed by atoms with van der Waals surface area (Å²) in [4.78, 5) is 0. The lowest BCUT2D eigenvalue weighted by molar-refractivity contribution is 0.337. The van der Waals surface area contributed by atoms with Gasteiger partial charge in [-0.1, -0.05) is 0 Å². The second kappa shape index (κ2) is 3.23. The molecule has 0 amide bonds. The van der Waals surface area contributed by atoms with E-state index < -0.39 is 0 Å². The van der Waals surface area contributed by atoms with Crippen LogP contribution < -0.4 is 5.32 Å². The fourth-order valence-electron chi connectivity index (χ4n) is 1.45. The largest absolute Gasteiger partial charge is 0.318 e. The molecule has 2 heterocycles. The maximum absolute atomic E-state index is 4.09. The molecule has 1 aliphatic rings. The number of aryl methyl sites for hydroxylation is 1. The Labute approximate surface area is 72.0 Å². The highest BCUT2D eigenvalue weighted by Crippen LogP contribution is 2.09. The van der Waals surface area contributed by atoms with Crippen LogP contribution in [0.3, 0.4) is 0 Å². The number of nitrogens with one attached hydrogen (secondary N) is 1. The zero-order valence-electron chi connectivity index (χ0n) is 7.32. The van der Waals surface area contributed by atoms with E-state index in [1.54, 1.807) is 6.33 Å². The summed E-state index contributed by atoms with van der Waals surface area (Å²) < 4.78 is 2.11. The molecule has 0 atom stereocenters. The molecule has 0 aromatic carbocycles. The SMILES string of the molecule is CCn1cnnc1CC1CNC1. The third-order valence-electron chi connectivity index (χ3n) is 2.37. The summed E-state index contributed by atoms with van der Waals surface area (Å²) in [6.45, 7) is 5.36. The van der Waals surface area contributed by atoms with Crippen molar-refractivity contribution < 1.29 is 0 Å². The first-order valence-corrected chi connectivity index (χ1v) is 4.47. The predicted molar refractivity (Wildman–Crippen MR) is 45.8 cm³/mol. The van der Waals surface area contributed by atoms with Gasteiger partial charge in [-0.15, -0.1) is 10.2 Å². The highest BCUT2D eigenvalue weighted by atomic mass is 15.3. The first-order valence-electron chi connectivity index (χ1n) is 4.47. The summed E-state index contributed by atoms with van der Waals surface area (Å²) in [5.74, 6) is 1.91. The molecular weight excluding hydrogens is 152 g/mol. The summed E-state index contributed by atoms with van der Waals surface area (Å²) >= 11 is 0. The van der Waals surface area contributed by atoms with Crippen LogP contribution in [0.5, 0.6) is 0 Å². The highest BCUT2D eigenvalue weighted by molar-refractivity contribution is 4.91. The Kier molecular flexibility index (Phi) is 2.08. The van der Waals surface area contributed by atoms with Gasteiger partial charge in [0.2, 0.25) is 0 Å². The molecule has 1 aromatic rings. The molecule has 1 aromatic heterocycles. The summed E-state index contributed by atoms with van der Waals surface area (Å²) in [5.41, 5.74) is 0. The van der Waals surface area contributed by atoms with E-state index in [4.69, 9.17) is 0 Å². The van der Waals surface area contributed by atoms with Gasteiger partial charge in [0.05, 0.1) is 0 Å². The van der Waals surface area contributed by atoms with Crippen LogP contribution in [0.25, 0.3) is 0 Å². The molecule has 1 N–H and O–H groups in total. The topological polar surface area (TPSA) is 42.7 Å². The zero-order valence-corrected chi connectivity index (χ0v) is 7.32. The number of hydrogen-bond donors (Lipinski definition) is 1. The molecule has 2 rings (SSSR count). The number of rotatable bonds is 3. The van der Waals surface area contributed by atoms with E-state index in [-0.39, 0.29) is 0 Å².